The van der Waals surface area contributed by atoms with E-state index in [2.05, 4.69) is 0 Å². The lowest BCUT2D eigenvalue weighted by Crippen LogP contribution is -2.36. The van der Waals surface area contributed by atoms with Crippen molar-refractivity contribution in [2.45, 2.75) is 24.8 Å². The minimum absolute atomic E-state index is 0.0458. The molecule has 25 heavy (non-hydrogen) atoms. The van der Waals surface area contributed by atoms with Crippen molar-refractivity contribution in [2.75, 3.05) is 6.54 Å². The highest BCUT2D eigenvalue weighted by Gasteiger charge is 2.23. The van der Waals surface area contributed by atoms with Gasteiger partial charge < -0.3 is 4.90 Å². The molecule has 3 rings (SSSR count). The average molecular weight is 356 g/mol. The molecule has 1 amide bonds. The van der Waals surface area contributed by atoms with E-state index in [4.69, 9.17) is 5.14 Å². The van der Waals surface area contributed by atoms with Crippen LogP contribution in [0.15, 0.2) is 59.0 Å². The Labute approximate surface area is 147 Å². The Bertz CT molecular complexity index is 934. The van der Waals surface area contributed by atoms with E-state index in [0.29, 0.717) is 25.1 Å². The van der Waals surface area contributed by atoms with E-state index >= 15 is 0 Å². The van der Waals surface area contributed by atoms with Crippen molar-refractivity contribution in [1.82, 2.24) is 4.90 Å². The SMILES string of the molecule is C/C(=C\c1ccccc1)C(=O)N1CCc2ccc(S(N)(=O)=O)cc2C1. The maximum atomic E-state index is 12.7. The van der Waals surface area contributed by atoms with Gasteiger partial charge in [0, 0.05) is 18.7 Å². The minimum atomic E-state index is -3.75. The van der Waals surface area contributed by atoms with Crippen LogP contribution >= 0.6 is 0 Å². The molecule has 0 spiro atoms. The number of carbonyl (C=O) groups is 1. The summed E-state index contributed by atoms with van der Waals surface area (Å²) in [5, 5.41) is 5.20. The fourth-order valence-electron chi connectivity index (χ4n) is 2.99. The van der Waals surface area contributed by atoms with Gasteiger partial charge in [-0.05, 0) is 48.2 Å². The number of fused-ring (bicyclic) bond motifs is 1. The summed E-state index contributed by atoms with van der Waals surface area (Å²) in [6.45, 7) is 2.80. The van der Waals surface area contributed by atoms with E-state index in [-0.39, 0.29) is 10.8 Å². The molecule has 0 bridgehead atoms. The second-order valence-corrected chi connectivity index (χ2v) is 7.75. The number of nitrogens with zero attached hydrogens (tertiary/aromatic N) is 1. The van der Waals surface area contributed by atoms with Gasteiger partial charge in [0.2, 0.25) is 15.9 Å². The first-order valence-electron chi connectivity index (χ1n) is 8.02. The number of hydrogen-bond donors (Lipinski definition) is 1. The Morgan fingerprint density at radius 1 is 1.12 bits per heavy atom. The van der Waals surface area contributed by atoms with Crippen LogP contribution in [0.1, 0.15) is 23.6 Å². The maximum absolute atomic E-state index is 12.7. The molecule has 0 saturated carbocycles. The Balaban J connectivity index is 1.82. The zero-order valence-electron chi connectivity index (χ0n) is 14.0. The van der Waals surface area contributed by atoms with Crippen molar-refractivity contribution in [3.05, 3.63) is 70.8 Å². The molecule has 5 nitrogen and oxygen atoms in total. The summed E-state index contributed by atoms with van der Waals surface area (Å²) >= 11 is 0. The lowest BCUT2D eigenvalue weighted by atomic mass is 9.99. The van der Waals surface area contributed by atoms with Gasteiger partial charge in [0.15, 0.2) is 0 Å². The first-order valence-corrected chi connectivity index (χ1v) is 9.56. The minimum Gasteiger partial charge on any atom is -0.334 e. The molecule has 1 aliphatic heterocycles. The number of nitrogens with two attached hydrogens (primary N) is 1. The Morgan fingerprint density at radius 3 is 2.52 bits per heavy atom. The molecular weight excluding hydrogens is 336 g/mol. The fourth-order valence-corrected chi connectivity index (χ4v) is 3.56. The summed E-state index contributed by atoms with van der Waals surface area (Å²) in [5.41, 5.74) is 3.51. The van der Waals surface area contributed by atoms with Crippen LogP contribution < -0.4 is 5.14 Å². The summed E-state index contributed by atoms with van der Waals surface area (Å²) in [4.78, 5) is 14.5. The van der Waals surface area contributed by atoms with Gasteiger partial charge >= 0.3 is 0 Å². The van der Waals surface area contributed by atoms with E-state index < -0.39 is 10.0 Å². The molecule has 2 N–H and O–H groups in total. The molecule has 0 aromatic heterocycles. The highest BCUT2D eigenvalue weighted by molar-refractivity contribution is 7.89. The molecule has 0 saturated heterocycles. The lowest BCUT2D eigenvalue weighted by Gasteiger charge is -2.29. The number of benzene rings is 2. The zero-order chi connectivity index (χ0) is 18.0. The summed E-state index contributed by atoms with van der Waals surface area (Å²) in [6, 6.07) is 14.5. The largest absolute Gasteiger partial charge is 0.334 e. The smallest absolute Gasteiger partial charge is 0.249 e. The van der Waals surface area contributed by atoms with Gasteiger partial charge in [0.25, 0.3) is 0 Å². The van der Waals surface area contributed by atoms with Crippen molar-refractivity contribution in [2.24, 2.45) is 5.14 Å². The number of rotatable bonds is 3. The van der Waals surface area contributed by atoms with Gasteiger partial charge in [0.05, 0.1) is 4.90 Å². The van der Waals surface area contributed by atoms with Crippen LogP contribution in [0, 0.1) is 0 Å². The van der Waals surface area contributed by atoms with E-state index in [9.17, 15) is 13.2 Å². The summed E-state index contributed by atoms with van der Waals surface area (Å²) in [6.07, 6.45) is 2.56. The van der Waals surface area contributed by atoms with Gasteiger partial charge in [-0.2, -0.15) is 0 Å². The highest BCUT2D eigenvalue weighted by Crippen LogP contribution is 2.23. The first kappa shape index (κ1) is 17.4. The summed E-state index contributed by atoms with van der Waals surface area (Å²) in [5.74, 6) is -0.0458. The predicted molar refractivity (Wildman–Crippen MR) is 97.0 cm³/mol. The Kier molecular flexibility index (Phi) is 4.74. The van der Waals surface area contributed by atoms with Crippen molar-refractivity contribution in [3.8, 4) is 0 Å². The molecule has 1 aliphatic rings. The molecule has 6 heteroatoms. The van der Waals surface area contributed by atoms with Gasteiger partial charge in [-0.25, -0.2) is 13.6 Å². The number of carbonyl (C=O) groups excluding carboxylic acids is 1. The lowest BCUT2D eigenvalue weighted by molar-refractivity contribution is -0.127. The molecule has 0 atom stereocenters. The van der Waals surface area contributed by atoms with Crippen molar-refractivity contribution >= 4 is 22.0 Å². The third kappa shape index (κ3) is 3.97. The van der Waals surface area contributed by atoms with Crippen LogP contribution in [-0.4, -0.2) is 25.8 Å². The summed E-state index contributed by atoms with van der Waals surface area (Å²) < 4.78 is 23.1. The van der Waals surface area contributed by atoms with E-state index in [1.54, 1.807) is 24.0 Å². The summed E-state index contributed by atoms with van der Waals surface area (Å²) in [7, 11) is -3.75. The van der Waals surface area contributed by atoms with E-state index in [0.717, 1.165) is 16.7 Å². The quantitative estimate of drug-likeness (QED) is 0.857. The maximum Gasteiger partial charge on any atom is 0.249 e. The second kappa shape index (κ2) is 6.82. The van der Waals surface area contributed by atoms with Gasteiger partial charge in [-0.3, -0.25) is 4.79 Å². The van der Waals surface area contributed by atoms with Gasteiger partial charge in [-0.15, -0.1) is 0 Å². The van der Waals surface area contributed by atoms with Crippen LogP contribution in [-0.2, 0) is 27.8 Å². The normalized spacial score (nSPS) is 15.0. The molecule has 0 radical (unpaired) electrons. The molecule has 2 aromatic carbocycles. The third-order valence-corrected chi connectivity index (χ3v) is 5.24. The number of primary sulfonamides is 1. The number of hydrogen-bond acceptors (Lipinski definition) is 3. The van der Waals surface area contributed by atoms with Crippen LogP contribution in [0.3, 0.4) is 0 Å². The topological polar surface area (TPSA) is 80.5 Å². The second-order valence-electron chi connectivity index (χ2n) is 6.19. The average Bonchev–Trinajstić information content (AvgIpc) is 2.60. The molecule has 0 aliphatic carbocycles. The highest BCUT2D eigenvalue weighted by atomic mass is 32.2. The van der Waals surface area contributed by atoms with E-state index in [1.165, 1.54) is 6.07 Å². The van der Waals surface area contributed by atoms with Gasteiger partial charge in [0.1, 0.15) is 0 Å². The first-order chi connectivity index (χ1) is 11.8. The van der Waals surface area contributed by atoms with Crippen LogP contribution in [0.4, 0.5) is 0 Å². The van der Waals surface area contributed by atoms with E-state index in [1.807, 2.05) is 36.4 Å². The molecule has 2 aromatic rings. The molecular formula is C19H20N2O3S. The standard InChI is InChI=1S/C19H20N2O3S/c1-14(11-15-5-3-2-4-6-15)19(22)21-10-9-16-7-8-18(25(20,23)24)12-17(16)13-21/h2-8,11-12H,9-10,13H2,1H3,(H2,20,23,24)/b14-11+. The van der Waals surface area contributed by atoms with Crippen molar-refractivity contribution in [3.63, 3.8) is 0 Å². The number of amides is 1. The van der Waals surface area contributed by atoms with Crippen molar-refractivity contribution < 1.29 is 13.2 Å². The third-order valence-electron chi connectivity index (χ3n) is 4.33. The zero-order valence-corrected chi connectivity index (χ0v) is 14.8. The Morgan fingerprint density at radius 2 is 1.84 bits per heavy atom. The monoisotopic (exact) mass is 356 g/mol. The van der Waals surface area contributed by atoms with Crippen LogP contribution in [0.5, 0.6) is 0 Å². The fraction of sp³-hybridized carbons (Fsp3) is 0.211. The Hall–Kier alpha value is -2.44. The van der Waals surface area contributed by atoms with Crippen LogP contribution in [0.2, 0.25) is 0 Å². The molecule has 130 valence electrons. The van der Waals surface area contributed by atoms with Gasteiger partial charge in [-0.1, -0.05) is 36.4 Å². The molecule has 1 heterocycles. The van der Waals surface area contributed by atoms with Crippen molar-refractivity contribution in [1.29, 1.82) is 0 Å². The molecule has 0 unspecified atom stereocenters. The molecule has 0 fully saturated rings. The van der Waals surface area contributed by atoms with Crippen LogP contribution in [0.25, 0.3) is 6.08 Å². The predicted octanol–water partition coefficient (Wildman–Crippen LogP) is 2.32. The number of sulfonamides is 1.